The highest BCUT2D eigenvalue weighted by molar-refractivity contribution is 5.66. The Morgan fingerprint density at radius 1 is 1.09 bits per heavy atom. The number of pyridine rings is 1. The van der Waals surface area contributed by atoms with Crippen molar-refractivity contribution in [2.75, 3.05) is 38.7 Å². The number of rotatable bonds is 11. The minimum absolute atomic E-state index is 0.554. The van der Waals surface area contributed by atoms with E-state index in [1.54, 1.807) is 7.11 Å². The van der Waals surface area contributed by atoms with Gasteiger partial charge in [-0.1, -0.05) is 26.0 Å². The second kappa shape index (κ2) is 11.7. The monoisotopic (exact) mass is 463 g/mol. The van der Waals surface area contributed by atoms with E-state index in [-0.39, 0.29) is 0 Å². The van der Waals surface area contributed by atoms with Crippen molar-refractivity contribution in [1.82, 2.24) is 19.5 Å². The van der Waals surface area contributed by atoms with Crippen LogP contribution in [0.4, 0.5) is 11.6 Å². The molecular formula is C27H37N5O2. The number of aromatic nitrogens is 3. The quantitative estimate of drug-likeness (QED) is 0.288. The fourth-order valence-corrected chi connectivity index (χ4v) is 3.85. The fourth-order valence-electron chi connectivity index (χ4n) is 3.85. The van der Waals surface area contributed by atoms with Gasteiger partial charge in [0.05, 0.1) is 18.6 Å². The number of hydrogen-bond donors (Lipinski definition) is 1. The normalized spacial score (nSPS) is 12.5. The van der Waals surface area contributed by atoms with Crippen molar-refractivity contribution in [1.29, 1.82) is 0 Å². The Kier molecular flexibility index (Phi) is 8.71. The Morgan fingerprint density at radius 2 is 1.79 bits per heavy atom. The van der Waals surface area contributed by atoms with Crippen molar-refractivity contribution < 1.29 is 9.47 Å². The molecule has 34 heavy (non-hydrogen) atoms. The number of nitrogens with zero attached hydrogens (tertiary/aromatic N) is 4. The van der Waals surface area contributed by atoms with Gasteiger partial charge in [-0.05, 0) is 87.8 Å². The van der Waals surface area contributed by atoms with Crippen LogP contribution in [-0.4, -0.2) is 52.8 Å². The van der Waals surface area contributed by atoms with E-state index in [1.807, 2.05) is 41.8 Å². The number of benzene rings is 1. The van der Waals surface area contributed by atoms with Gasteiger partial charge in [-0.25, -0.2) is 4.52 Å². The highest BCUT2D eigenvalue weighted by Crippen LogP contribution is 2.28. The van der Waals surface area contributed by atoms with Gasteiger partial charge in [0.25, 0.3) is 0 Å². The molecular weight excluding hydrogens is 426 g/mol. The van der Waals surface area contributed by atoms with E-state index in [2.05, 4.69) is 62.0 Å². The largest absolute Gasteiger partial charge is 0.501 e. The SMILES string of the molecule is CCN(CC)CCOc1c(C)cc(Nc2nc3cccc(/C(C)=C/C=C(\C)OC)n3n2)cc1C. The van der Waals surface area contributed by atoms with Gasteiger partial charge in [-0.2, -0.15) is 4.98 Å². The van der Waals surface area contributed by atoms with Crippen molar-refractivity contribution in [3.8, 4) is 5.75 Å². The first-order valence-electron chi connectivity index (χ1n) is 11.8. The van der Waals surface area contributed by atoms with Crippen LogP contribution in [0.25, 0.3) is 11.2 Å². The summed E-state index contributed by atoms with van der Waals surface area (Å²) in [5.74, 6) is 2.35. The van der Waals surface area contributed by atoms with Crippen molar-refractivity contribution >= 4 is 22.9 Å². The molecule has 0 saturated carbocycles. The molecule has 0 unspecified atom stereocenters. The van der Waals surface area contributed by atoms with Crippen LogP contribution in [0, 0.1) is 13.8 Å². The van der Waals surface area contributed by atoms with Crippen LogP contribution < -0.4 is 10.1 Å². The minimum atomic E-state index is 0.554. The van der Waals surface area contributed by atoms with Crippen LogP contribution in [0.1, 0.15) is 44.5 Å². The zero-order valence-corrected chi connectivity index (χ0v) is 21.5. The molecule has 0 aliphatic heterocycles. The minimum Gasteiger partial charge on any atom is -0.501 e. The molecule has 0 saturated heterocycles. The Morgan fingerprint density at radius 3 is 2.44 bits per heavy atom. The van der Waals surface area contributed by atoms with Gasteiger partial charge in [0, 0.05) is 12.2 Å². The number of methoxy groups -OCH3 is 1. The molecule has 7 heteroatoms. The highest BCUT2D eigenvalue weighted by Gasteiger charge is 2.11. The molecule has 7 nitrogen and oxygen atoms in total. The molecule has 1 N–H and O–H groups in total. The van der Waals surface area contributed by atoms with Gasteiger partial charge in [-0.15, -0.1) is 5.10 Å². The third-order valence-electron chi connectivity index (χ3n) is 5.92. The van der Waals surface area contributed by atoms with Crippen molar-refractivity contribution in [2.24, 2.45) is 0 Å². The number of hydrogen-bond acceptors (Lipinski definition) is 6. The van der Waals surface area contributed by atoms with Crippen LogP contribution in [0.2, 0.25) is 0 Å². The topological polar surface area (TPSA) is 63.9 Å². The molecule has 0 amide bonds. The summed E-state index contributed by atoms with van der Waals surface area (Å²) in [4.78, 5) is 7.03. The number of likely N-dealkylation sites (N-methyl/N-ethyl adjacent to an activating group) is 1. The van der Waals surface area contributed by atoms with E-state index < -0.39 is 0 Å². The number of aryl methyl sites for hydroxylation is 2. The summed E-state index contributed by atoms with van der Waals surface area (Å²) in [6, 6.07) is 10.1. The number of ether oxygens (including phenoxy) is 2. The molecule has 1 aromatic carbocycles. The van der Waals surface area contributed by atoms with Crippen LogP contribution in [0.5, 0.6) is 5.75 Å². The molecule has 0 atom stereocenters. The lowest BCUT2D eigenvalue weighted by atomic mass is 10.1. The van der Waals surface area contributed by atoms with E-state index in [0.717, 1.165) is 64.9 Å². The lowest BCUT2D eigenvalue weighted by molar-refractivity contribution is 0.221. The molecule has 0 aliphatic rings. The highest BCUT2D eigenvalue weighted by atomic mass is 16.5. The van der Waals surface area contributed by atoms with Gasteiger partial charge < -0.3 is 19.7 Å². The van der Waals surface area contributed by atoms with Crippen LogP contribution in [0.15, 0.2) is 48.2 Å². The summed E-state index contributed by atoms with van der Waals surface area (Å²) in [5, 5.41) is 8.07. The molecule has 0 spiro atoms. The Hall–Kier alpha value is -3.32. The Bertz CT molecular complexity index is 1150. The average Bonchev–Trinajstić information content (AvgIpc) is 3.23. The fraction of sp³-hybridized carbons (Fsp3) is 0.407. The van der Waals surface area contributed by atoms with Crippen molar-refractivity contribution in [3.63, 3.8) is 0 Å². The number of nitrogens with one attached hydrogen (secondary N) is 1. The Balaban J connectivity index is 1.79. The predicted molar refractivity (Wildman–Crippen MR) is 140 cm³/mol. The third kappa shape index (κ3) is 6.17. The summed E-state index contributed by atoms with van der Waals surface area (Å²) in [6.07, 6.45) is 3.97. The maximum atomic E-state index is 6.12. The van der Waals surface area contributed by atoms with Gasteiger partial charge in [0.2, 0.25) is 5.95 Å². The van der Waals surface area contributed by atoms with Gasteiger partial charge >= 0.3 is 0 Å². The molecule has 3 aromatic rings. The predicted octanol–water partition coefficient (Wildman–Crippen LogP) is 5.76. The van der Waals surface area contributed by atoms with Crippen molar-refractivity contribution in [2.45, 2.75) is 41.5 Å². The summed E-state index contributed by atoms with van der Waals surface area (Å²) in [6.45, 7) is 16.1. The average molecular weight is 464 g/mol. The molecule has 182 valence electrons. The molecule has 2 aromatic heterocycles. The molecule has 0 radical (unpaired) electrons. The standard InChI is InChI=1S/C27H37N5O2/c1-8-31(9-2)15-16-34-26-20(4)17-23(18-21(26)5)28-27-29-25-12-10-11-24(32(25)30-27)19(3)13-14-22(6)33-7/h10-14,17-18H,8-9,15-16H2,1-7H3,(H,28,30)/b19-13+,22-14+. The first-order valence-corrected chi connectivity index (χ1v) is 11.8. The lowest BCUT2D eigenvalue weighted by Crippen LogP contribution is -2.28. The lowest BCUT2D eigenvalue weighted by Gasteiger charge is -2.19. The number of fused-ring (bicyclic) bond motifs is 1. The zero-order chi connectivity index (χ0) is 24.7. The molecule has 2 heterocycles. The van der Waals surface area contributed by atoms with Crippen LogP contribution in [0.3, 0.4) is 0 Å². The summed E-state index contributed by atoms with van der Waals surface area (Å²) in [5.41, 5.74) is 5.94. The second-order valence-electron chi connectivity index (χ2n) is 8.39. The van der Waals surface area contributed by atoms with E-state index in [9.17, 15) is 0 Å². The van der Waals surface area contributed by atoms with Gasteiger partial charge in [-0.3, -0.25) is 0 Å². The van der Waals surface area contributed by atoms with Crippen LogP contribution in [-0.2, 0) is 4.74 Å². The number of anilines is 2. The first kappa shape index (κ1) is 25.3. The van der Waals surface area contributed by atoms with E-state index in [4.69, 9.17) is 14.6 Å². The molecule has 0 fully saturated rings. The maximum absolute atomic E-state index is 6.12. The van der Waals surface area contributed by atoms with E-state index in [0.29, 0.717) is 12.6 Å². The number of allylic oxidation sites excluding steroid dienone is 4. The van der Waals surface area contributed by atoms with Crippen LogP contribution >= 0.6 is 0 Å². The smallest absolute Gasteiger partial charge is 0.247 e. The van der Waals surface area contributed by atoms with Gasteiger partial charge in [0.1, 0.15) is 12.4 Å². The van der Waals surface area contributed by atoms with E-state index >= 15 is 0 Å². The molecule has 0 bridgehead atoms. The maximum Gasteiger partial charge on any atom is 0.247 e. The van der Waals surface area contributed by atoms with E-state index in [1.165, 1.54) is 0 Å². The molecule has 3 rings (SSSR count). The van der Waals surface area contributed by atoms with Gasteiger partial charge in [0.15, 0.2) is 5.65 Å². The molecule has 0 aliphatic carbocycles. The zero-order valence-electron chi connectivity index (χ0n) is 21.5. The summed E-state index contributed by atoms with van der Waals surface area (Å²) < 4.78 is 13.2. The first-order chi connectivity index (χ1) is 16.4. The van der Waals surface area contributed by atoms with Crippen molar-refractivity contribution in [3.05, 3.63) is 65.1 Å². The summed E-state index contributed by atoms with van der Waals surface area (Å²) >= 11 is 0. The summed E-state index contributed by atoms with van der Waals surface area (Å²) in [7, 11) is 1.67. The third-order valence-corrected chi connectivity index (χ3v) is 5.92. The second-order valence-corrected chi connectivity index (χ2v) is 8.39. The Labute approximate surface area is 203 Å².